The SMILES string of the molecule is Cc1cc(S(N)(=O)=O)cc(NC(=O)CN(C)CCc2ccccn2)c1C. The first-order valence-electron chi connectivity index (χ1n) is 8.19. The lowest BCUT2D eigenvalue weighted by atomic mass is 10.1. The van der Waals surface area contributed by atoms with Gasteiger partial charge in [-0.2, -0.15) is 0 Å². The third-order valence-corrected chi connectivity index (χ3v) is 5.03. The van der Waals surface area contributed by atoms with E-state index in [1.807, 2.05) is 37.1 Å². The average Bonchev–Trinajstić information content (AvgIpc) is 2.57. The summed E-state index contributed by atoms with van der Waals surface area (Å²) >= 11 is 0. The number of carbonyl (C=O) groups excluding carboxylic acids is 1. The van der Waals surface area contributed by atoms with Gasteiger partial charge in [0, 0.05) is 30.5 Å². The number of carbonyl (C=O) groups is 1. The molecule has 26 heavy (non-hydrogen) atoms. The number of nitrogens with zero attached hydrogens (tertiary/aromatic N) is 2. The summed E-state index contributed by atoms with van der Waals surface area (Å²) in [6.45, 7) is 4.46. The molecule has 1 aromatic carbocycles. The van der Waals surface area contributed by atoms with Crippen molar-refractivity contribution in [3.8, 4) is 0 Å². The summed E-state index contributed by atoms with van der Waals surface area (Å²) in [5.41, 5.74) is 2.97. The van der Waals surface area contributed by atoms with Crippen LogP contribution in [0.5, 0.6) is 0 Å². The van der Waals surface area contributed by atoms with Gasteiger partial charge in [-0.25, -0.2) is 13.6 Å². The van der Waals surface area contributed by atoms with Gasteiger partial charge in [0.25, 0.3) is 0 Å². The van der Waals surface area contributed by atoms with Crippen molar-refractivity contribution >= 4 is 21.6 Å². The summed E-state index contributed by atoms with van der Waals surface area (Å²) in [6, 6.07) is 8.63. The van der Waals surface area contributed by atoms with Gasteiger partial charge in [0.05, 0.1) is 11.4 Å². The van der Waals surface area contributed by atoms with Crippen molar-refractivity contribution < 1.29 is 13.2 Å². The Hall–Kier alpha value is -2.29. The quantitative estimate of drug-likeness (QED) is 0.761. The summed E-state index contributed by atoms with van der Waals surface area (Å²) < 4.78 is 23.2. The van der Waals surface area contributed by atoms with Gasteiger partial charge in [0.15, 0.2) is 0 Å². The number of nitrogens with one attached hydrogen (secondary N) is 1. The van der Waals surface area contributed by atoms with Gasteiger partial charge in [-0.1, -0.05) is 6.07 Å². The molecule has 8 heteroatoms. The maximum atomic E-state index is 12.3. The van der Waals surface area contributed by atoms with E-state index in [2.05, 4.69) is 10.3 Å². The number of benzene rings is 1. The highest BCUT2D eigenvalue weighted by Gasteiger charge is 2.15. The minimum Gasteiger partial charge on any atom is -0.325 e. The molecule has 7 nitrogen and oxygen atoms in total. The first-order chi connectivity index (χ1) is 12.2. The Labute approximate surface area is 154 Å². The van der Waals surface area contributed by atoms with Crippen molar-refractivity contribution in [3.05, 3.63) is 53.3 Å². The number of amides is 1. The molecule has 1 amide bonds. The van der Waals surface area contributed by atoms with Crippen LogP contribution in [0.2, 0.25) is 0 Å². The highest BCUT2D eigenvalue weighted by Crippen LogP contribution is 2.23. The minimum absolute atomic E-state index is 0.0144. The minimum atomic E-state index is -3.83. The zero-order valence-electron chi connectivity index (χ0n) is 15.2. The predicted molar refractivity (Wildman–Crippen MR) is 101 cm³/mol. The topological polar surface area (TPSA) is 105 Å². The maximum Gasteiger partial charge on any atom is 0.238 e. The summed E-state index contributed by atoms with van der Waals surface area (Å²) in [5, 5.41) is 7.97. The Morgan fingerprint density at radius 1 is 1.27 bits per heavy atom. The molecule has 0 bridgehead atoms. The van der Waals surface area contributed by atoms with Crippen molar-refractivity contribution in [3.63, 3.8) is 0 Å². The van der Waals surface area contributed by atoms with Gasteiger partial charge < -0.3 is 5.32 Å². The molecule has 1 aromatic heterocycles. The third-order valence-electron chi connectivity index (χ3n) is 4.13. The summed E-state index contributed by atoms with van der Waals surface area (Å²) in [7, 11) is -1.98. The fraction of sp³-hybridized carbons (Fsp3) is 0.333. The van der Waals surface area contributed by atoms with Crippen LogP contribution in [0.4, 0.5) is 5.69 Å². The second-order valence-corrected chi connectivity index (χ2v) is 7.88. The van der Waals surface area contributed by atoms with Gasteiger partial charge in [-0.3, -0.25) is 14.7 Å². The standard InChI is InChI=1S/C18H24N4O3S/c1-13-10-16(26(19,24)25)11-17(14(13)2)21-18(23)12-22(3)9-7-15-6-4-5-8-20-15/h4-6,8,10-11H,7,9,12H2,1-3H3,(H,21,23)(H2,19,24,25). The number of anilines is 1. The average molecular weight is 376 g/mol. The van der Waals surface area contributed by atoms with Crippen LogP contribution in [-0.4, -0.2) is 44.3 Å². The zero-order valence-corrected chi connectivity index (χ0v) is 16.0. The number of rotatable bonds is 7. The normalized spacial score (nSPS) is 11.6. The van der Waals surface area contributed by atoms with E-state index >= 15 is 0 Å². The molecule has 1 heterocycles. The van der Waals surface area contributed by atoms with Gasteiger partial charge >= 0.3 is 0 Å². The smallest absolute Gasteiger partial charge is 0.238 e. The number of aryl methyl sites for hydroxylation is 1. The van der Waals surface area contributed by atoms with E-state index in [4.69, 9.17) is 5.14 Å². The van der Waals surface area contributed by atoms with Gasteiger partial charge in [-0.15, -0.1) is 0 Å². The lowest BCUT2D eigenvalue weighted by Crippen LogP contribution is -2.32. The molecule has 3 N–H and O–H groups in total. The van der Waals surface area contributed by atoms with E-state index in [-0.39, 0.29) is 17.3 Å². The second kappa shape index (κ2) is 8.39. The van der Waals surface area contributed by atoms with Crippen LogP contribution in [0.25, 0.3) is 0 Å². The van der Waals surface area contributed by atoms with Crippen molar-refractivity contribution in [2.45, 2.75) is 25.2 Å². The largest absolute Gasteiger partial charge is 0.325 e. The molecule has 0 saturated carbocycles. The van der Waals surface area contributed by atoms with Crippen LogP contribution in [0.15, 0.2) is 41.4 Å². The molecule has 0 aliphatic carbocycles. The molecule has 2 rings (SSSR count). The van der Waals surface area contributed by atoms with E-state index in [0.717, 1.165) is 23.2 Å². The fourth-order valence-corrected chi connectivity index (χ4v) is 3.11. The van der Waals surface area contributed by atoms with E-state index in [9.17, 15) is 13.2 Å². The number of hydrogen-bond acceptors (Lipinski definition) is 5. The molecular weight excluding hydrogens is 352 g/mol. The molecule has 0 aliphatic heterocycles. The van der Waals surface area contributed by atoms with Crippen molar-refractivity contribution in [2.75, 3.05) is 25.5 Å². The van der Waals surface area contributed by atoms with Crippen LogP contribution in [0.1, 0.15) is 16.8 Å². The van der Waals surface area contributed by atoms with Gasteiger partial charge in [-0.05, 0) is 56.3 Å². The molecule has 0 spiro atoms. The molecule has 0 fully saturated rings. The number of sulfonamides is 1. The molecule has 0 atom stereocenters. The molecule has 2 aromatic rings. The van der Waals surface area contributed by atoms with Crippen LogP contribution in [0, 0.1) is 13.8 Å². The number of nitrogens with two attached hydrogens (primary N) is 1. The fourth-order valence-electron chi connectivity index (χ4n) is 2.49. The summed E-state index contributed by atoms with van der Waals surface area (Å²) in [4.78, 5) is 18.4. The molecule has 0 saturated heterocycles. The zero-order chi connectivity index (χ0) is 19.3. The van der Waals surface area contributed by atoms with E-state index in [1.54, 1.807) is 13.1 Å². The summed E-state index contributed by atoms with van der Waals surface area (Å²) in [5.74, 6) is -0.220. The third kappa shape index (κ3) is 5.62. The molecule has 0 unspecified atom stereocenters. The second-order valence-electron chi connectivity index (χ2n) is 6.31. The first kappa shape index (κ1) is 20.0. The van der Waals surface area contributed by atoms with Crippen molar-refractivity contribution in [2.24, 2.45) is 5.14 Å². The molecule has 0 radical (unpaired) electrons. The Balaban J connectivity index is 2.00. The van der Waals surface area contributed by atoms with E-state index < -0.39 is 10.0 Å². The highest BCUT2D eigenvalue weighted by molar-refractivity contribution is 7.89. The number of likely N-dealkylation sites (N-methyl/N-ethyl adjacent to an activating group) is 1. The lowest BCUT2D eigenvalue weighted by molar-refractivity contribution is -0.117. The number of hydrogen-bond donors (Lipinski definition) is 2. The molecule has 140 valence electrons. The van der Waals surface area contributed by atoms with Gasteiger partial charge in [0.1, 0.15) is 0 Å². The Kier molecular flexibility index (Phi) is 6.47. The van der Waals surface area contributed by atoms with Crippen molar-refractivity contribution in [1.82, 2.24) is 9.88 Å². The predicted octanol–water partition coefficient (Wildman–Crippen LogP) is 1.46. The Bertz CT molecular complexity index is 883. The number of aromatic nitrogens is 1. The monoisotopic (exact) mass is 376 g/mol. The lowest BCUT2D eigenvalue weighted by Gasteiger charge is -2.17. The van der Waals surface area contributed by atoms with Crippen LogP contribution < -0.4 is 10.5 Å². The number of primary sulfonamides is 1. The van der Waals surface area contributed by atoms with Crippen LogP contribution in [0.3, 0.4) is 0 Å². The van der Waals surface area contributed by atoms with Gasteiger partial charge in [0.2, 0.25) is 15.9 Å². The number of pyridine rings is 1. The van der Waals surface area contributed by atoms with Crippen LogP contribution in [-0.2, 0) is 21.2 Å². The van der Waals surface area contributed by atoms with Crippen LogP contribution >= 0.6 is 0 Å². The van der Waals surface area contributed by atoms with E-state index in [1.165, 1.54) is 12.1 Å². The molecule has 0 aliphatic rings. The highest BCUT2D eigenvalue weighted by atomic mass is 32.2. The van der Waals surface area contributed by atoms with E-state index in [0.29, 0.717) is 12.2 Å². The first-order valence-corrected chi connectivity index (χ1v) is 9.74. The summed E-state index contributed by atoms with van der Waals surface area (Å²) in [6.07, 6.45) is 2.48. The van der Waals surface area contributed by atoms with Crippen molar-refractivity contribution in [1.29, 1.82) is 0 Å². The maximum absolute atomic E-state index is 12.3. The Morgan fingerprint density at radius 2 is 2.00 bits per heavy atom. The Morgan fingerprint density at radius 3 is 2.62 bits per heavy atom. The molecular formula is C18H24N4O3S.